The van der Waals surface area contributed by atoms with E-state index in [9.17, 15) is 0 Å². The van der Waals surface area contributed by atoms with Crippen molar-refractivity contribution in [2.75, 3.05) is 18.0 Å². The molecular weight excluding hydrogens is 266 g/mol. The summed E-state index contributed by atoms with van der Waals surface area (Å²) in [6.45, 7) is 14.4. The van der Waals surface area contributed by atoms with E-state index in [-0.39, 0.29) is 0 Å². The maximum atomic E-state index is 5.00. The lowest BCUT2D eigenvalue weighted by molar-refractivity contribution is 0.569. The van der Waals surface area contributed by atoms with Gasteiger partial charge in [0.15, 0.2) is 5.13 Å². The average molecular weight is 295 g/mol. The highest BCUT2D eigenvalue weighted by atomic mass is 32.1. The molecule has 1 saturated carbocycles. The molecule has 0 unspecified atom stereocenters. The van der Waals surface area contributed by atoms with Gasteiger partial charge in [-0.3, -0.25) is 0 Å². The number of thiazole rings is 1. The molecule has 114 valence electrons. The van der Waals surface area contributed by atoms with Gasteiger partial charge in [0.2, 0.25) is 0 Å². The van der Waals surface area contributed by atoms with Crippen molar-refractivity contribution in [3.8, 4) is 0 Å². The van der Waals surface area contributed by atoms with E-state index >= 15 is 0 Å². The molecule has 1 aromatic rings. The molecule has 1 aliphatic carbocycles. The maximum Gasteiger partial charge on any atom is 0.186 e. The minimum Gasteiger partial charge on any atom is -0.345 e. The summed E-state index contributed by atoms with van der Waals surface area (Å²) in [4.78, 5) is 8.93. The number of hydrogen-bond acceptors (Lipinski definition) is 4. The van der Waals surface area contributed by atoms with Crippen LogP contribution in [0.5, 0.6) is 0 Å². The highest BCUT2D eigenvalue weighted by Gasteiger charge is 2.30. The Bertz CT molecular complexity index is 421. The lowest BCUT2D eigenvalue weighted by Gasteiger charge is -2.27. The molecule has 1 heterocycles. The van der Waals surface area contributed by atoms with Crippen molar-refractivity contribution < 1.29 is 0 Å². The Balaban J connectivity index is 2.20. The molecule has 1 aromatic heterocycles. The van der Waals surface area contributed by atoms with Crippen LogP contribution in [0.25, 0.3) is 0 Å². The number of aromatic nitrogens is 1. The highest BCUT2D eigenvalue weighted by Crippen LogP contribution is 2.44. The van der Waals surface area contributed by atoms with Gasteiger partial charge in [-0.25, -0.2) is 4.98 Å². The normalized spacial score (nSPS) is 15.3. The van der Waals surface area contributed by atoms with Crippen molar-refractivity contribution in [2.45, 2.75) is 66.0 Å². The Kier molecular flexibility index (Phi) is 5.44. The molecule has 0 atom stereocenters. The molecule has 0 radical (unpaired) electrons. The van der Waals surface area contributed by atoms with Crippen LogP contribution in [-0.2, 0) is 6.54 Å². The van der Waals surface area contributed by atoms with E-state index in [0.717, 1.165) is 25.6 Å². The van der Waals surface area contributed by atoms with Crippen LogP contribution in [0.15, 0.2) is 0 Å². The zero-order chi connectivity index (χ0) is 14.7. The van der Waals surface area contributed by atoms with Crippen LogP contribution >= 0.6 is 11.3 Å². The second-order valence-electron chi connectivity index (χ2n) is 6.50. The van der Waals surface area contributed by atoms with Crippen molar-refractivity contribution in [3.63, 3.8) is 0 Å². The summed E-state index contributed by atoms with van der Waals surface area (Å²) in [6, 6.07) is 0.516. The molecule has 0 bridgehead atoms. The van der Waals surface area contributed by atoms with Gasteiger partial charge in [-0.1, -0.05) is 20.8 Å². The lowest BCUT2D eigenvalue weighted by Crippen LogP contribution is -2.34. The minimum absolute atomic E-state index is 0.516. The van der Waals surface area contributed by atoms with E-state index in [1.54, 1.807) is 0 Å². The van der Waals surface area contributed by atoms with Crippen molar-refractivity contribution in [1.82, 2.24) is 10.3 Å². The summed E-state index contributed by atoms with van der Waals surface area (Å²) in [7, 11) is 0. The summed E-state index contributed by atoms with van der Waals surface area (Å²) in [5, 5.41) is 4.69. The fourth-order valence-corrected chi connectivity index (χ4v) is 3.68. The van der Waals surface area contributed by atoms with Crippen LogP contribution in [0.1, 0.15) is 63.9 Å². The molecule has 1 N–H and O–H groups in total. The first-order chi connectivity index (χ1) is 9.52. The lowest BCUT2D eigenvalue weighted by atomic mass is 10.2. The Morgan fingerprint density at radius 1 is 1.30 bits per heavy atom. The Labute approximate surface area is 127 Å². The summed E-state index contributed by atoms with van der Waals surface area (Å²) >= 11 is 1.90. The zero-order valence-electron chi connectivity index (χ0n) is 13.6. The topological polar surface area (TPSA) is 28.2 Å². The number of hydrogen-bond donors (Lipinski definition) is 1. The third-order valence-corrected chi connectivity index (χ3v) is 4.76. The first-order valence-electron chi connectivity index (χ1n) is 7.99. The summed E-state index contributed by atoms with van der Waals surface area (Å²) in [5.41, 5.74) is 1.38. The summed E-state index contributed by atoms with van der Waals surface area (Å²) in [6.07, 6.45) is 2.66. The molecule has 3 nitrogen and oxygen atoms in total. The molecule has 1 fully saturated rings. The smallest absolute Gasteiger partial charge is 0.186 e. The van der Waals surface area contributed by atoms with Crippen LogP contribution in [0.2, 0.25) is 0 Å². The fourth-order valence-electron chi connectivity index (χ4n) is 2.42. The zero-order valence-corrected chi connectivity index (χ0v) is 14.4. The summed E-state index contributed by atoms with van der Waals surface area (Å²) in [5.74, 6) is 1.41. The number of rotatable bonds is 8. The molecule has 0 aromatic carbocycles. The number of anilines is 1. The second-order valence-corrected chi connectivity index (χ2v) is 7.56. The Morgan fingerprint density at radius 2 is 2.00 bits per heavy atom. The molecule has 0 saturated heterocycles. The molecule has 4 heteroatoms. The van der Waals surface area contributed by atoms with E-state index < -0.39 is 0 Å². The van der Waals surface area contributed by atoms with Gasteiger partial charge in [-0.15, -0.1) is 11.3 Å². The molecule has 0 spiro atoms. The van der Waals surface area contributed by atoms with Gasteiger partial charge in [0.05, 0.1) is 5.69 Å². The average Bonchev–Trinajstić information content (AvgIpc) is 3.14. The summed E-state index contributed by atoms with van der Waals surface area (Å²) < 4.78 is 0. The first-order valence-corrected chi connectivity index (χ1v) is 8.81. The van der Waals surface area contributed by atoms with Gasteiger partial charge in [-0.2, -0.15) is 0 Å². The first kappa shape index (κ1) is 15.8. The molecule has 20 heavy (non-hydrogen) atoms. The van der Waals surface area contributed by atoms with Crippen LogP contribution in [0, 0.1) is 5.92 Å². The Hall–Kier alpha value is -0.610. The number of nitrogens with one attached hydrogen (secondary N) is 1. The standard InChI is InChI=1S/C16H29N3S/c1-6-17-9-14-15(13-7-8-13)18-16(20-14)19(12(4)5)10-11(2)3/h11-13,17H,6-10H2,1-5H3. The van der Waals surface area contributed by atoms with Gasteiger partial charge in [0.25, 0.3) is 0 Å². The van der Waals surface area contributed by atoms with Gasteiger partial charge in [0, 0.05) is 29.9 Å². The largest absolute Gasteiger partial charge is 0.345 e. The predicted molar refractivity (Wildman–Crippen MR) is 88.8 cm³/mol. The minimum atomic E-state index is 0.516. The SMILES string of the molecule is CCNCc1sc(N(CC(C)C)C(C)C)nc1C1CC1. The molecule has 0 aliphatic heterocycles. The van der Waals surface area contributed by atoms with Crippen molar-refractivity contribution in [3.05, 3.63) is 10.6 Å². The van der Waals surface area contributed by atoms with Crippen LogP contribution < -0.4 is 10.2 Å². The van der Waals surface area contributed by atoms with E-state index in [2.05, 4.69) is 44.8 Å². The van der Waals surface area contributed by atoms with E-state index in [4.69, 9.17) is 4.98 Å². The molecular formula is C16H29N3S. The predicted octanol–water partition coefficient (Wildman–Crippen LogP) is 4.00. The number of nitrogens with zero attached hydrogens (tertiary/aromatic N) is 2. The van der Waals surface area contributed by atoms with Crippen LogP contribution in [0.3, 0.4) is 0 Å². The van der Waals surface area contributed by atoms with Crippen molar-refractivity contribution in [2.24, 2.45) is 5.92 Å². The van der Waals surface area contributed by atoms with Crippen molar-refractivity contribution >= 4 is 16.5 Å². The van der Waals surface area contributed by atoms with E-state index in [1.807, 2.05) is 11.3 Å². The maximum absolute atomic E-state index is 5.00. The molecule has 2 rings (SSSR count). The third-order valence-electron chi connectivity index (χ3n) is 3.65. The van der Waals surface area contributed by atoms with Crippen LogP contribution in [-0.4, -0.2) is 24.1 Å². The molecule has 1 aliphatic rings. The molecule has 0 amide bonds. The van der Waals surface area contributed by atoms with Crippen molar-refractivity contribution in [1.29, 1.82) is 0 Å². The van der Waals surface area contributed by atoms with Gasteiger partial charge in [-0.05, 0) is 39.2 Å². The van der Waals surface area contributed by atoms with Gasteiger partial charge >= 0.3 is 0 Å². The van der Waals surface area contributed by atoms with E-state index in [0.29, 0.717) is 12.0 Å². The Morgan fingerprint density at radius 3 is 2.50 bits per heavy atom. The fraction of sp³-hybridized carbons (Fsp3) is 0.812. The third kappa shape index (κ3) is 3.95. The van der Waals surface area contributed by atoms with Gasteiger partial charge in [0.1, 0.15) is 0 Å². The highest BCUT2D eigenvalue weighted by molar-refractivity contribution is 7.15. The monoisotopic (exact) mass is 295 g/mol. The van der Waals surface area contributed by atoms with E-state index in [1.165, 1.54) is 28.5 Å². The second kappa shape index (κ2) is 6.90. The quantitative estimate of drug-likeness (QED) is 0.785. The van der Waals surface area contributed by atoms with Gasteiger partial charge < -0.3 is 10.2 Å². The van der Waals surface area contributed by atoms with Crippen LogP contribution in [0.4, 0.5) is 5.13 Å².